The summed E-state index contributed by atoms with van der Waals surface area (Å²) >= 11 is 7.50. The van der Waals surface area contributed by atoms with Crippen molar-refractivity contribution in [2.45, 2.75) is 11.6 Å². The number of hydrazone groups is 1. The van der Waals surface area contributed by atoms with Gasteiger partial charge in [0.15, 0.2) is 11.0 Å². The second-order valence-electron chi connectivity index (χ2n) is 5.66. The lowest BCUT2D eigenvalue weighted by atomic mass is 10.2. The second kappa shape index (κ2) is 7.31. The van der Waals surface area contributed by atoms with Crippen molar-refractivity contribution < 1.29 is 4.79 Å². The summed E-state index contributed by atoms with van der Waals surface area (Å²) in [7, 11) is 0. The van der Waals surface area contributed by atoms with Crippen LogP contribution >= 0.6 is 23.4 Å². The van der Waals surface area contributed by atoms with E-state index in [-0.39, 0.29) is 5.91 Å². The van der Waals surface area contributed by atoms with Gasteiger partial charge in [0, 0.05) is 22.0 Å². The van der Waals surface area contributed by atoms with Gasteiger partial charge >= 0.3 is 0 Å². The molecule has 3 aromatic rings. The van der Waals surface area contributed by atoms with Gasteiger partial charge in [0.05, 0.1) is 12.1 Å². The first-order chi connectivity index (χ1) is 12.7. The van der Waals surface area contributed by atoms with E-state index in [1.165, 1.54) is 11.8 Å². The first kappa shape index (κ1) is 16.8. The van der Waals surface area contributed by atoms with Crippen molar-refractivity contribution in [2.75, 3.05) is 5.75 Å². The van der Waals surface area contributed by atoms with Gasteiger partial charge in [-0.15, -0.1) is 10.2 Å². The molecule has 4 rings (SSSR count). The lowest BCUT2D eigenvalue weighted by Gasteiger charge is -2.10. The second-order valence-corrected chi connectivity index (χ2v) is 7.04. The van der Waals surface area contributed by atoms with Crippen molar-refractivity contribution in [1.82, 2.24) is 20.2 Å². The van der Waals surface area contributed by atoms with E-state index in [1.54, 1.807) is 0 Å². The third-order valence-electron chi connectivity index (χ3n) is 3.82. The molecule has 1 aliphatic rings. The van der Waals surface area contributed by atoms with E-state index in [1.807, 2.05) is 59.2 Å². The smallest absolute Gasteiger partial charge is 0.245 e. The Bertz CT molecular complexity index is 969. The van der Waals surface area contributed by atoms with Crippen molar-refractivity contribution in [1.29, 1.82) is 0 Å². The number of aromatic nitrogens is 3. The number of nitrogens with zero attached hydrogens (tertiary/aromatic N) is 4. The van der Waals surface area contributed by atoms with E-state index in [2.05, 4.69) is 20.7 Å². The monoisotopic (exact) mass is 383 g/mol. The molecule has 0 unspecified atom stereocenters. The molecule has 0 radical (unpaired) electrons. The van der Waals surface area contributed by atoms with Crippen LogP contribution in [0, 0.1) is 0 Å². The highest BCUT2D eigenvalue weighted by Gasteiger charge is 2.19. The Balaban J connectivity index is 1.70. The molecule has 0 saturated heterocycles. The van der Waals surface area contributed by atoms with Gasteiger partial charge in [-0.25, -0.2) is 5.43 Å². The van der Waals surface area contributed by atoms with E-state index in [4.69, 9.17) is 11.6 Å². The number of rotatable bonds is 5. The van der Waals surface area contributed by atoms with Crippen LogP contribution < -0.4 is 5.43 Å². The number of benzene rings is 2. The zero-order chi connectivity index (χ0) is 17.9. The maximum absolute atomic E-state index is 11.3. The maximum Gasteiger partial charge on any atom is 0.245 e. The molecule has 26 heavy (non-hydrogen) atoms. The number of thioether (sulfide) groups is 1. The minimum absolute atomic E-state index is 0.0769. The molecule has 0 spiro atoms. The first-order valence-electron chi connectivity index (χ1n) is 7.94. The van der Waals surface area contributed by atoms with Crippen molar-refractivity contribution in [2.24, 2.45) is 5.10 Å². The molecule has 1 N–H and O–H groups in total. The Morgan fingerprint density at radius 1 is 1.08 bits per heavy atom. The van der Waals surface area contributed by atoms with Gasteiger partial charge < -0.3 is 0 Å². The minimum atomic E-state index is -0.0769. The van der Waals surface area contributed by atoms with E-state index in [9.17, 15) is 4.79 Å². The Kier molecular flexibility index (Phi) is 4.73. The molecule has 0 fully saturated rings. The normalized spacial score (nSPS) is 13.6. The van der Waals surface area contributed by atoms with E-state index >= 15 is 0 Å². The molecule has 2 heterocycles. The fourth-order valence-corrected chi connectivity index (χ4v) is 3.60. The molecule has 0 atom stereocenters. The van der Waals surface area contributed by atoms with Crippen molar-refractivity contribution in [3.63, 3.8) is 0 Å². The van der Waals surface area contributed by atoms with Gasteiger partial charge in [-0.05, 0) is 36.4 Å². The zero-order valence-electron chi connectivity index (χ0n) is 13.6. The summed E-state index contributed by atoms with van der Waals surface area (Å²) in [6.07, 6.45) is 0.330. The molecule has 1 aliphatic heterocycles. The van der Waals surface area contributed by atoms with E-state index in [0.29, 0.717) is 17.2 Å². The minimum Gasteiger partial charge on any atom is -0.273 e. The maximum atomic E-state index is 11.3. The molecule has 130 valence electrons. The summed E-state index contributed by atoms with van der Waals surface area (Å²) in [4.78, 5) is 11.3. The first-order valence-corrected chi connectivity index (χ1v) is 9.31. The van der Waals surface area contributed by atoms with Crippen LogP contribution in [0.3, 0.4) is 0 Å². The fraction of sp³-hybridized carbons (Fsp3) is 0.111. The highest BCUT2D eigenvalue weighted by molar-refractivity contribution is 7.99. The summed E-state index contributed by atoms with van der Waals surface area (Å²) in [5.74, 6) is 1.23. The predicted molar refractivity (Wildman–Crippen MR) is 103 cm³/mol. The number of para-hydroxylation sites is 1. The van der Waals surface area contributed by atoms with Gasteiger partial charge in [-0.1, -0.05) is 41.6 Å². The highest BCUT2D eigenvalue weighted by Crippen LogP contribution is 2.29. The van der Waals surface area contributed by atoms with Gasteiger partial charge in [0.1, 0.15) is 0 Å². The summed E-state index contributed by atoms with van der Waals surface area (Å²) in [6.45, 7) is 0. The van der Waals surface area contributed by atoms with Crippen LogP contribution in [0.15, 0.2) is 64.9 Å². The van der Waals surface area contributed by atoms with E-state index in [0.717, 1.165) is 27.9 Å². The number of carbonyl (C=O) groups is 1. The molecule has 1 aromatic heterocycles. The molecule has 6 nitrogen and oxygen atoms in total. The Labute approximate surface area is 159 Å². The molecule has 2 aromatic carbocycles. The van der Waals surface area contributed by atoms with Crippen molar-refractivity contribution in [3.05, 3.63) is 59.6 Å². The molecular formula is C18H14ClN5OS. The highest BCUT2D eigenvalue weighted by atomic mass is 35.5. The molecule has 1 amide bonds. The summed E-state index contributed by atoms with van der Waals surface area (Å²) in [5.41, 5.74) is 5.16. The largest absolute Gasteiger partial charge is 0.273 e. The van der Waals surface area contributed by atoms with Gasteiger partial charge in [-0.2, -0.15) is 5.10 Å². The predicted octanol–water partition coefficient (Wildman–Crippen LogP) is 3.56. The Hall–Kier alpha value is -2.64. The van der Waals surface area contributed by atoms with Crippen LogP contribution in [-0.2, 0) is 4.79 Å². The fourth-order valence-electron chi connectivity index (χ4n) is 2.60. The van der Waals surface area contributed by atoms with Crippen LogP contribution in [0.2, 0.25) is 5.02 Å². The van der Waals surface area contributed by atoms with Crippen molar-refractivity contribution in [3.8, 4) is 17.1 Å². The number of amides is 1. The zero-order valence-corrected chi connectivity index (χ0v) is 15.2. The summed E-state index contributed by atoms with van der Waals surface area (Å²) < 4.78 is 2.00. The summed E-state index contributed by atoms with van der Waals surface area (Å²) in [5, 5.41) is 14.2. The van der Waals surface area contributed by atoms with Gasteiger partial charge in [-0.3, -0.25) is 9.36 Å². The average Bonchev–Trinajstić information content (AvgIpc) is 3.27. The molecule has 0 saturated carbocycles. The topological polar surface area (TPSA) is 72.2 Å². The van der Waals surface area contributed by atoms with Crippen LogP contribution in [0.25, 0.3) is 17.1 Å². The molecule has 8 heteroatoms. The van der Waals surface area contributed by atoms with Gasteiger partial charge in [0.25, 0.3) is 0 Å². The SMILES string of the molecule is O=C1CC(CSc2nnc(-c3ccc(Cl)cc3)n2-c2ccccc2)=NN1. The number of halogens is 1. The number of hydrogen-bond donors (Lipinski definition) is 1. The van der Waals surface area contributed by atoms with Crippen LogP contribution in [0.5, 0.6) is 0 Å². The van der Waals surface area contributed by atoms with Gasteiger partial charge in [0.2, 0.25) is 5.91 Å². The lowest BCUT2D eigenvalue weighted by Crippen LogP contribution is -2.09. The van der Waals surface area contributed by atoms with E-state index < -0.39 is 0 Å². The number of hydrogen-bond acceptors (Lipinski definition) is 5. The van der Waals surface area contributed by atoms with Crippen molar-refractivity contribution >= 4 is 35.0 Å². The van der Waals surface area contributed by atoms with Crippen LogP contribution in [0.4, 0.5) is 0 Å². The Morgan fingerprint density at radius 3 is 2.54 bits per heavy atom. The third kappa shape index (κ3) is 3.49. The lowest BCUT2D eigenvalue weighted by molar-refractivity contribution is -0.119. The average molecular weight is 384 g/mol. The molecular weight excluding hydrogens is 370 g/mol. The number of nitrogens with one attached hydrogen (secondary N) is 1. The quantitative estimate of drug-likeness (QED) is 0.684. The number of carbonyl (C=O) groups excluding carboxylic acids is 1. The summed E-state index contributed by atoms with van der Waals surface area (Å²) in [6, 6.07) is 17.4. The molecule has 0 bridgehead atoms. The molecule has 0 aliphatic carbocycles. The standard InChI is InChI=1S/C18H14ClN5OS/c19-13-8-6-12(7-9-13)17-22-23-18(24(17)15-4-2-1-3-5-15)26-11-14-10-16(25)21-20-14/h1-9H,10-11H2,(H,21,25). The Morgan fingerprint density at radius 2 is 1.85 bits per heavy atom. The van der Waals surface area contributed by atoms with Crippen LogP contribution in [-0.4, -0.2) is 32.1 Å². The third-order valence-corrected chi connectivity index (χ3v) is 5.07. The van der Waals surface area contributed by atoms with Crippen LogP contribution in [0.1, 0.15) is 6.42 Å².